The third kappa shape index (κ3) is 2.71. The largest absolute Gasteiger partial charge is 0.312 e. The summed E-state index contributed by atoms with van der Waals surface area (Å²) in [4.78, 5) is 14.8. The van der Waals surface area contributed by atoms with Gasteiger partial charge in [-0.1, -0.05) is 38.0 Å². The number of para-hydroxylation sites is 1. The molecule has 0 saturated heterocycles. The fourth-order valence-corrected chi connectivity index (χ4v) is 3.02. The minimum absolute atomic E-state index is 0.135. The molecule has 0 saturated carbocycles. The van der Waals surface area contributed by atoms with Crippen LogP contribution in [0.5, 0.6) is 0 Å². The third-order valence-electron chi connectivity index (χ3n) is 4.15. The second kappa shape index (κ2) is 6.12. The van der Waals surface area contributed by atoms with Gasteiger partial charge in [0.2, 0.25) is 5.91 Å². The molecule has 2 aromatic rings. The maximum absolute atomic E-state index is 12.9. The molecule has 1 N–H and O–H groups in total. The quantitative estimate of drug-likeness (QED) is 0.856. The summed E-state index contributed by atoms with van der Waals surface area (Å²) in [6.45, 7) is 2.98. The summed E-state index contributed by atoms with van der Waals surface area (Å²) in [5.41, 5.74) is 3.23. The van der Waals surface area contributed by atoms with Gasteiger partial charge in [-0.15, -0.1) is 0 Å². The Balaban J connectivity index is 1.91. The molecule has 0 fully saturated rings. The number of benzene rings is 1. The monoisotopic (exact) mass is 283 g/mol. The fraction of sp³-hybridized carbons (Fsp3) is 0.412. The number of carbonyl (C=O) groups is 1. The van der Waals surface area contributed by atoms with E-state index in [2.05, 4.69) is 29.3 Å². The number of anilines is 1. The topological polar surface area (TPSA) is 49.0 Å². The zero-order chi connectivity index (χ0) is 14.7. The molecule has 0 radical (unpaired) electrons. The van der Waals surface area contributed by atoms with Crippen LogP contribution in [0.1, 0.15) is 43.4 Å². The van der Waals surface area contributed by atoms with Crippen LogP contribution in [0.3, 0.4) is 0 Å². The number of amides is 1. The van der Waals surface area contributed by atoms with E-state index < -0.39 is 0 Å². The maximum Gasteiger partial charge on any atom is 0.236 e. The summed E-state index contributed by atoms with van der Waals surface area (Å²) in [6.07, 6.45) is 5.83. The maximum atomic E-state index is 12.9. The van der Waals surface area contributed by atoms with Gasteiger partial charge < -0.3 is 4.90 Å². The highest BCUT2D eigenvalue weighted by molar-refractivity contribution is 6.00. The Kier molecular flexibility index (Phi) is 4.04. The van der Waals surface area contributed by atoms with Gasteiger partial charge in [-0.2, -0.15) is 5.10 Å². The Labute approximate surface area is 125 Å². The molecule has 0 spiro atoms. The van der Waals surface area contributed by atoms with Crippen molar-refractivity contribution in [1.82, 2.24) is 10.2 Å². The van der Waals surface area contributed by atoms with Gasteiger partial charge in [0, 0.05) is 24.1 Å². The number of hydrogen-bond acceptors (Lipinski definition) is 2. The first kappa shape index (κ1) is 13.9. The molecule has 0 aliphatic carbocycles. The van der Waals surface area contributed by atoms with E-state index in [0.717, 1.165) is 43.6 Å². The molecular weight excluding hydrogens is 262 g/mol. The minimum atomic E-state index is -0.135. The van der Waals surface area contributed by atoms with Crippen molar-refractivity contribution in [2.75, 3.05) is 11.4 Å². The van der Waals surface area contributed by atoms with E-state index in [9.17, 15) is 4.79 Å². The summed E-state index contributed by atoms with van der Waals surface area (Å²) in [7, 11) is 0. The molecule has 1 amide bonds. The van der Waals surface area contributed by atoms with E-state index in [0.29, 0.717) is 0 Å². The van der Waals surface area contributed by atoms with Crippen molar-refractivity contribution in [3.8, 4) is 0 Å². The van der Waals surface area contributed by atoms with Gasteiger partial charge in [-0.25, -0.2) is 0 Å². The number of aromatic amines is 1. The van der Waals surface area contributed by atoms with Crippen molar-refractivity contribution in [1.29, 1.82) is 0 Å². The lowest BCUT2D eigenvalue weighted by atomic mass is 9.89. The summed E-state index contributed by atoms with van der Waals surface area (Å²) in [6, 6.07) is 10.1. The van der Waals surface area contributed by atoms with Crippen molar-refractivity contribution < 1.29 is 4.79 Å². The molecule has 1 aromatic carbocycles. The lowest BCUT2D eigenvalue weighted by Crippen LogP contribution is -2.41. The normalized spacial score (nSPS) is 17.9. The van der Waals surface area contributed by atoms with Crippen LogP contribution >= 0.6 is 0 Å². The van der Waals surface area contributed by atoms with Crippen molar-refractivity contribution >= 4 is 11.6 Å². The van der Waals surface area contributed by atoms with Crippen LogP contribution in [0.15, 0.2) is 36.5 Å². The van der Waals surface area contributed by atoms with E-state index >= 15 is 0 Å². The SMILES string of the molecule is CCCCCN1C(=O)C(c2ccn[nH]2)Cc2ccccc21. The lowest BCUT2D eigenvalue weighted by molar-refractivity contribution is -0.120. The van der Waals surface area contributed by atoms with Crippen molar-refractivity contribution in [3.63, 3.8) is 0 Å². The van der Waals surface area contributed by atoms with E-state index in [1.807, 2.05) is 23.1 Å². The molecule has 21 heavy (non-hydrogen) atoms. The van der Waals surface area contributed by atoms with Crippen LogP contribution < -0.4 is 4.90 Å². The summed E-state index contributed by atoms with van der Waals surface area (Å²) < 4.78 is 0. The molecular formula is C17H21N3O. The van der Waals surface area contributed by atoms with Gasteiger partial charge in [0.15, 0.2) is 0 Å². The second-order valence-corrected chi connectivity index (χ2v) is 5.59. The van der Waals surface area contributed by atoms with Crippen molar-refractivity contribution in [3.05, 3.63) is 47.8 Å². The smallest absolute Gasteiger partial charge is 0.236 e. The molecule has 1 aliphatic rings. The molecule has 1 atom stereocenters. The summed E-state index contributed by atoms with van der Waals surface area (Å²) >= 11 is 0. The third-order valence-corrected chi connectivity index (χ3v) is 4.15. The average Bonchev–Trinajstić information content (AvgIpc) is 3.03. The molecule has 3 rings (SSSR count). The van der Waals surface area contributed by atoms with Gasteiger partial charge in [0.25, 0.3) is 0 Å². The average molecular weight is 283 g/mol. The van der Waals surface area contributed by atoms with Gasteiger partial charge in [0.1, 0.15) is 0 Å². The predicted octanol–water partition coefficient (Wildman–Crippen LogP) is 3.27. The Hall–Kier alpha value is -2.10. The molecule has 4 nitrogen and oxygen atoms in total. The molecule has 4 heteroatoms. The van der Waals surface area contributed by atoms with E-state index in [1.54, 1.807) is 6.20 Å². The zero-order valence-corrected chi connectivity index (χ0v) is 12.4. The van der Waals surface area contributed by atoms with E-state index in [4.69, 9.17) is 0 Å². The number of nitrogens with zero attached hydrogens (tertiary/aromatic N) is 2. The van der Waals surface area contributed by atoms with Gasteiger partial charge in [-0.3, -0.25) is 9.89 Å². The van der Waals surface area contributed by atoms with E-state index in [1.165, 1.54) is 5.56 Å². The lowest BCUT2D eigenvalue weighted by Gasteiger charge is -2.34. The van der Waals surface area contributed by atoms with Crippen LogP contribution in [0, 0.1) is 0 Å². The molecule has 1 aromatic heterocycles. The minimum Gasteiger partial charge on any atom is -0.312 e. The molecule has 1 aliphatic heterocycles. The summed E-state index contributed by atoms with van der Waals surface area (Å²) in [5.74, 6) is 0.0538. The second-order valence-electron chi connectivity index (χ2n) is 5.59. The standard InChI is InChI=1S/C17H21N3O/c1-2-3-6-11-20-16-8-5-4-7-13(16)12-14(17(20)21)15-9-10-18-19-15/h4-5,7-10,14H,2-3,6,11-12H2,1H3,(H,18,19). The van der Waals surface area contributed by atoms with Crippen LogP contribution in [-0.2, 0) is 11.2 Å². The molecule has 1 unspecified atom stereocenters. The van der Waals surface area contributed by atoms with Crippen LogP contribution in [0.4, 0.5) is 5.69 Å². The number of rotatable bonds is 5. The molecule has 0 bridgehead atoms. The fourth-order valence-electron chi connectivity index (χ4n) is 3.02. The Morgan fingerprint density at radius 1 is 1.29 bits per heavy atom. The predicted molar refractivity (Wildman–Crippen MR) is 83.4 cm³/mol. The number of H-pyrrole nitrogens is 1. The number of nitrogens with one attached hydrogen (secondary N) is 1. The first-order chi connectivity index (χ1) is 10.3. The summed E-state index contributed by atoms with van der Waals surface area (Å²) in [5, 5.41) is 6.95. The van der Waals surface area contributed by atoms with E-state index in [-0.39, 0.29) is 11.8 Å². The van der Waals surface area contributed by atoms with Gasteiger partial charge >= 0.3 is 0 Å². The van der Waals surface area contributed by atoms with Gasteiger partial charge in [0.05, 0.1) is 5.92 Å². The first-order valence-electron chi connectivity index (χ1n) is 7.69. The number of unbranched alkanes of at least 4 members (excludes halogenated alkanes) is 2. The Morgan fingerprint density at radius 3 is 2.90 bits per heavy atom. The number of aromatic nitrogens is 2. The Morgan fingerprint density at radius 2 is 2.14 bits per heavy atom. The van der Waals surface area contributed by atoms with Crippen molar-refractivity contribution in [2.24, 2.45) is 0 Å². The highest BCUT2D eigenvalue weighted by Crippen LogP contribution is 2.34. The number of fused-ring (bicyclic) bond motifs is 1. The zero-order valence-electron chi connectivity index (χ0n) is 12.4. The van der Waals surface area contributed by atoms with Gasteiger partial charge in [-0.05, 0) is 30.5 Å². The Bertz CT molecular complexity index is 606. The number of hydrogen-bond donors (Lipinski definition) is 1. The van der Waals surface area contributed by atoms with Crippen LogP contribution in [0.25, 0.3) is 0 Å². The molecule has 2 heterocycles. The first-order valence-corrected chi connectivity index (χ1v) is 7.69. The molecule has 110 valence electrons. The highest BCUT2D eigenvalue weighted by Gasteiger charge is 2.33. The van der Waals surface area contributed by atoms with Crippen LogP contribution in [-0.4, -0.2) is 22.6 Å². The van der Waals surface area contributed by atoms with Crippen LogP contribution in [0.2, 0.25) is 0 Å². The highest BCUT2D eigenvalue weighted by atomic mass is 16.2. The number of carbonyl (C=O) groups excluding carboxylic acids is 1. The van der Waals surface area contributed by atoms with Crippen molar-refractivity contribution in [2.45, 2.75) is 38.5 Å².